The molecule has 0 bridgehead atoms. The van der Waals surface area contributed by atoms with Crippen molar-refractivity contribution in [2.45, 2.75) is 57.2 Å². The van der Waals surface area contributed by atoms with E-state index < -0.39 is 0 Å². The molecule has 116 valence electrons. The van der Waals surface area contributed by atoms with E-state index in [0.29, 0.717) is 10.5 Å². The van der Waals surface area contributed by atoms with Gasteiger partial charge in [-0.2, -0.15) is 0 Å². The van der Waals surface area contributed by atoms with Crippen molar-refractivity contribution in [3.8, 4) is 0 Å². The molecule has 2 nitrogen and oxygen atoms in total. The Morgan fingerprint density at radius 1 is 1.38 bits per heavy atom. The van der Waals surface area contributed by atoms with Crippen LogP contribution in [-0.4, -0.2) is 29.6 Å². The zero-order valence-electron chi connectivity index (χ0n) is 12.7. The number of benzene rings is 1. The zero-order valence-corrected chi connectivity index (χ0v) is 14.3. The van der Waals surface area contributed by atoms with E-state index in [1.165, 1.54) is 31.7 Å². The minimum atomic E-state index is -0.157. The van der Waals surface area contributed by atoms with E-state index in [0.717, 1.165) is 31.6 Å². The normalized spacial score (nSPS) is 25.6. The van der Waals surface area contributed by atoms with E-state index in [1.54, 1.807) is 0 Å². The number of halogens is 2. The van der Waals surface area contributed by atoms with Crippen molar-refractivity contribution in [1.82, 2.24) is 10.2 Å². The second-order valence-corrected chi connectivity index (χ2v) is 7.30. The Morgan fingerprint density at radius 2 is 2.14 bits per heavy atom. The lowest BCUT2D eigenvalue weighted by Crippen LogP contribution is -2.62. The van der Waals surface area contributed by atoms with Gasteiger partial charge >= 0.3 is 0 Å². The Bertz CT molecular complexity index is 500. The molecule has 1 aliphatic heterocycles. The monoisotopic (exact) mass is 354 g/mol. The Labute approximate surface area is 135 Å². The number of piperazine rings is 1. The highest BCUT2D eigenvalue weighted by Crippen LogP contribution is 2.38. The van der Waals surface area contributed by atoms with Gasteiger partial charge in [0.05, 0.1) is 4.47 Å². The lowest BCUT2D eigenvalue weighted by atomic mass is 9.90. The number of rotatable bonds is 3. The van der Waals surface area contributed by atoms with Crippen LogP contribution < -0.4 is 5.32 Å². The highest BCUT2D eigenvalue weighted by Gasteiger charge is 2.43. The molecule has 4 heteroatoms. The lowest BCUT2D eigenvalue weighted by Gasteiger charge is -2.48. The Morgan fingerprint density at radius 3 is 2.86 bits per heavy atom. The predicted molar refractivity (Wildman–Crippen MR) is 87.8 cm³/mol. The molecule has 1 N–H and O–H groups in total. The molecule has 1 saturated carbocycles. The fourth-order valence-corrected chi connectivity index (χ4v) is 4.27. The molecule has 1 atom stereocenters. The second kappa shape index (κ2) is 6.35. The fraction of sp³-hybridized carbons (Fsp3) is 0.647. The van der Waals surface area contributed by atoms with E-state index in [4.69, 9.17) is 0 Å². The molecule has 1 spiro atoms. The van der Waals surface area contributed by atoms with E-state index in [-0.39, 0.29) is 11.4 Å². The van der Waals surface area contributed by atoms with Crippen LogP contribution in [0.15, 0.2) is 22.7 Å². The molecular weight excluding hydrogens is 331 g/mol. The molecule has 21 heavy (non-hydrogen) atoms. The predicted octanol–water partition coefficient (Wildman–Crippen LogP) is 4.08. The van der Waals surface area contributed by atoms with Crippen LogP contribution in [0.4, 0.5) is 4.39 Å². The Kier molecular flexibility index (Phi) is 4.67. The molecule has 2 aliphatic rings. The van der Waals surface area contributed by atoms with Crippen molar-refractivity contribution in [1.29, 1.82) is 0 Å². The lowest BCUT2D eigenvalue weighted by molar-refractivity contribution is 0.0347. The van der Waals surface area contributed by atoms with E-state index >= 15 is 0 Å². The van der Waals surface area contributed by atoms with Crippen LogP contribution in [-0.2, 0) is 6.54 Å². The van der Waals surface area contributed by atoms with Crippen molar-refractivity contribution in [3.63, 3.8) is 0 Å². The topological polar surface area (TPSA) is 15.3 Å². The van der Waals surface area contributed by atoms with Crippen molar-refractivity contribution in [2.24, 2.45) is 0 Å². The molecule has 1 unspecified atom stereocenters. The standard InChI is InChI=1S/C17H24BrFN2/c1-2-14-11-21(17(12-20-14)8-3-4-9-17)10-13-6-5-7-15(19)16(13)18/h5-7,14,20H,2-4,8-12H2,1H3. The second-order valence-electron chi connectivity index (χ2n) is 6.51. The smallest absolute Gasteiger partial charge is 0.137 e. The first kappa shape index (κ1) is 15.4. The molecule has 3 rings (SSSR count). The average molecular weight is 355 g/mol. The molecule has 2 fully saturated rings. The third kappa shape index (κ3) is 3.03. The summed E-state index contributed by atoms with van der Waals surface area (Å²) in [5.74, 6) is -0.157. The number of nitrogens with zero attached hydrogens (tertiary/aromatic N) is 1. The molecule has 0 amide bonds. The minimum Gasteiger partial charge on any atom is -0.311 e. The van der Waals surface area contributed by atoms with E-state index in [9.17, 15) is 4.39 Å². The van der Waals surface area contributed by atoms with Gasteiger partial charge in [-0.3, -0.25) is 4.90 Å². The molecule has 1 aliphatic carbocycles. The van der Waals surface area contributed by atoms with Crippen LogP contribution >= 0.6 is 15.9 Å². The average Bonchev–Trinajstić information content (AvgIpc) is 2.96. The van der Waals surface area contributed by atoms with Crippen LogP contribution in [0.2, 0.25) is 0 Å². The zero-order chi connectivity index (χ0) is 14.9. The van der Waals surface area contributed by atoms with Gasteiger partial charge in [0.25, 0.3) is 0 Å². The molecule has 1 aromatic rings. The first-order chi connectivity index (χ1) is 10.1. The summed E-state index contributed by atoms with van der Waals surface area (Å²) < 4.78 is 14.4. The summed E-state index contributed by atoms with van der Waals surface area (Å²) >= 11 is 3.42. The highest BCUT2D eigenvalue weighted by molar-refractivity contribution is 9.10. The molecular formula is C17H24BrFN2. The van der Waals surface area contributed by atoms with Gasteiger partial charge < -0.3 is 5.32 Å². The van der Waals surface area contributed by atoms with Gasteiger partial charge in [-0.05, 0) is 46.8 Å². The Balaban J connectivity index is 1.83. The van der Waals surface area contributed by atoms with Gasteiger partial charge in [-0.25, -0.2) is 4.39 Å². The maximum atomic E-state index is 13.8. The molecule has 1 aromatic carbocycles. The highest BCUT2D eigenvalue weighted by atomic mass is 79.9. The number of hydrogen-bond donors (Lipinski definition) is 1. The first-order valence-electron chi connectivity index (χ1n) is 8.06. The summed E-state index contributed by atoms with van der Waals surface area (Å²) in [4.78, 5) is 2.62. The van der Waals surface area contributed by atoms with Crippen molar-refractivity contribution in [3.05, 3.63) is 34.1 Å². The summed E-state index contributed by atoms with van der Waals surface area (Å²) in [5.41, 5.74) is 1.36. The van der Waals surface area contributed by atoms with Crippen molar-refractivity contribution < 1.29 is 4.39 Å². The van der Waals surface area contributed by atoms with Gasteiger partial charge in [-0.1, -0.05) is 31.9 Å². The quantitative estimate of drug-likeness (QED) is 0.879. The van der Waals surface area contributed by atoms with Gasteiger partial charge in [0.1, 0.15) is 5.82 Å². The molecule has 1 saturated heterocycles. The van der Waals surface area contributed by atoms with Gasteiger partial charge in [-0.15, -0.1) is 0 Å². The maximum Gasteiger partial charge on any atom is 0.137 e. The maximum absolute atomic E-state index is 13.8. The van der Waals surface area contributed by atoms with Gasteiger partial charge in [0, 0.05) is 31.2 Å². The molecule has 0 aromatic heterocycles. The van der Waals surface area contributed by atoms with Gasteiger partial charge in [0.2, 0.25) is 0 Å². The van der Waals surface area contributed by atoms with Crippen LogP contribution in [0.3, 0.4) is 0 Å². The summed E-state index contributed by atoms with van der Waals surface area (Å²) in [6.45, 7) is 5.23. The molecule has 0 radical (unpaired) electrons. The van der Waals surface area contributed by atoms with Crippen molar-refractivity contribution in [2.75, 3.05) is 13.1 Å². The van der Waals surface area contributed by atoms with Crippen LogP contribution in [0.5, 0.6) is 0 Å². The summed E-state index contributed by atoms with van der Waals surface area (Å²) in [7, 11) is 0. The number of nitrogens with one attached hydrogen (secondary N) is 1. The van der Waals surface area contributed by atoms with Crippen LogP contribution in [0.1, 0.15) is 44.6 Å². The summed E-state index contributed by atoms with van der Waals surface area (Å²) in [6.07, 6.45) is 6.32. The van der Waals surface area contributed by atoms with Crippen molar-refractivity contribution >= 4 is 15.9 Å². The number of hydrogen-bond acceptors (Lipinski definition) is 2. The van der Waals surface area contributed by atoms with Crippen LogP contribution in [0, 0.1) is 5.82 Å². The Hall–Kier alpha value is -0.450. The SMILES string of the molecule is CCC1CN(Cc2cccc(F)c2Br)C2(CCCC2)CN1. The van der Waals surface area contributed by atoms with E-state index in [2.05, 4.69) is 33.1 Å². The third-order valence-corrected chi connectivity index (χ3v) is 6.14. The molecule has 1 heterocycles. The fourth-order valence-electron chi connectivity index (χ4n) is 3.88. The third-order valence-electron chi connectivity index (χ3n) is 5.25. The minimum absolute atomic E-state index is 0.157. The van der Waals surface area contributed by atoms with Gasteiger partial charge in [0.15, 0.2) is 0 Å². The first-order valence-corrected chi connectivity index (χ1v) is 8.85. The van der Waals surface area contributed by atoms with E-state index in [1.807, 2.05) is 12.1 Å². The summed E-state index contributed by atoms with van der Waals surface area (Å²) in [6, 6.07) is 5.93. The van der Waals surface area contributed by atoms with Crippen LogP contribution in [0.25, 0.3) is 0 Å². The largest absolute Gasteiger partial charge is 0.311 e. The summed E-state index contributed by atoms with van der Waals surface area (Å²) in [5, 5.41) is 3.72.